The van der Waals surface area contributed by atoms with Gasteiger partial charge in [-0.05, 0) is 50.1 Å². The summed E-state index contributed by atoms with van der Waals surface area (Å²) in [5.74, 6) is 0.910. The van der Waals surface area contributed by atoms with Gasteiger partial charge in [0.15, 0.2) is 5.65 Å². The molecule has 0 radical (unpaired) electrons. The molecule has 3 rings (SSSR count). The topological polar surface area (TPSA) is 56.7 Å². The minimum Gasteiger partial charge on any atom is -0.330 e. The van der Waals surface area contributed by atoms with Crippen molar-refractivity contribution in [2.24, 2.45) is 5.73 Å². The molecule has 0 unspecified atom stereocenters. The zero-order chi connectivity index (χ0) is 15.5. The summed E-state index contributed by atoms with van der Waals surface area (Å²) in [6, 6.07) is 9.85. The molecule has 0 aliphatic rings. The lowest BCUT2D eigenvalue weighted by molar-refractivity contribution is 0.628. The molecule has 5 heteroatoms. The lowest BCUT2D eigenvalue weighted by Crippen LogP contribution is -2.05. The molecule has 2 aromatic heterocycles. The van der Waals surface area contributed by atoms with Crippen LogP contribution in [0, 0.1) is 6.92 Å². The Morgan fingerprint density at radius 2 is 2.09 bits per heavy atom. The molecule has 1 aromatic carbocycles. The van der Waals surface area contributed by atoms with Crippen LogP contribution in [0.4, 0.5) is 0 Å². The van der Waals surface area contributed by atoms with Crippen molar-refractivity contribution in [3.63, 3.8) is 0 Å². The average Bonchev–Trinajstić information content (AvgIpc) is 2.85. The van der Waals surface area contributed by atoms with Crippen LogP contribution in [0.1, 0.15) is 18.4 Å². The number of rotatable bonds is 5. The van der Waals surface area contributed by atoms with E-state index in [0.29, 0.717) is 11.6 Å². The molecular weight excluding hydrogens is 296 g/mol. The number of hydrogen-bond donors (Lipinski definition) is 1. The van der Waals surface area contributed by atoms with Crippen LogP contribution in [-0.4, -0.2) is 21.1 Å². The number of nitrogens with two attached hydrogens (primary N) is 1. The molecule has 0 bridgehead atoms. The minimum atomic E-state index is 0.700. The first-order valence-corrected chi connectivity index (χ1v) is 7.86. The van der Waals surface area contributed by atoms with E-state index in [4.69, 9.17) is 22.3 Å². The second-order valence-electron chi connectivity index (χ2n) is 5.45. The molecule has 3 aromatic rings. The van der Waals surface area contributed by atoms with Crippen LogP contribution in [0.3, 0.4) is 0 Å². The Labute approximate surface area is 134 Å². The highest BCUT2D eigenvalue weighted by Crippen LogP contribution is 2.26. The minimum absolute atomic E-state index is 0.700. The van der Waals surface area contributed by atoms with Gasteiger partial charge < -0.3 is 10.3 Å². The molecule has 0 spiro atoms. The first-order valence-electron chi connectivity index (χ1n) is 7.48. The van der Waals surface area contributed by atoms with Gasteiger partial charge in [-0.15, -0.1) is 0 Å². The number of aromatic nitrogens is 3. The highest BCUT2D eigenvalue weighted by Gasteiger charge is 2.13. The molecule has 0 aliphatic heterocycles. The van der Waals surface area contributed by atoms with E-state index in [1.54, 1.807) is 0 Å². The molecule has 2 heterocycles. The van der Waals surface area contributed by atoms with Gasteiger partial charge in [-0.25, -0.2) is 9.97 Å². The highest BCUT2D eigenvalue weighted by atomic mass is 35.5. The predicted octanol–water partition coefficient (Wildman–Crippen LogP) is 3.80. The molecule has 0 amide bonds. The third-order valence-electron chi connectivity index (χ3n) is 3.64. The first-order chi connectivity index (χ1) is 10.7. The summed E-state index contributed by atoms with van der Waals surface area (Å²) in [4.78, 5) is 9.34. The molecule has 114 valence electrons. The van der Waals surface area contributed by atoms with Crippen LogP contribution in [0.5, 0.6) is 0 Å². The molecule has 0 saturated heterocycles. The molecule has 4 nitrogen and oxygen atoms in total. The third-order valence-corrected chi connectivity index (χ3v) is 3.88. The molecule has 0 saturated carbocycles. The molecule has 0 aliphatic carbocycles. The quantitative estimate of drug-likeness (QED) is 0.729. The van der Waals surface area contributed by atoms with Crippen LogP contribution in [0.15, 0.2) is 36.5 Å². The summed E-state index contributed by atoms with van der Waals surface area (Å²) in [6.45, 7) is 3.58. The van der Waals surface area contributed by atoms with Crippen LogP contribution < -0.4 is 5.73 Å². The smallest absolute Gasteiger partial charge is 0.160 e. The number of benzene rings is 1. The van der Waals surface area contributed by atoms with Gasteiger partial charge in [0, 0.05) is 23.3 Å². The van der Waals surface area contributed by atoms with E-state index in [-0.39, 0.29) is 0 Å². The SMILES string of the molecule is Cc1cnc2c(c1)nc(-c1cccc(Cl)c1)n2CCCCN. The normalized spacial score (nSPS) is 11.2. The molecule has 0 fully saturated rings. The number of hydrogen-bond acceptors (Lipinski definition) is 3. The lowest BCUT2D eigenvalue weighted by Gasteiger charge is -2.08. The van der Waals surface area contributed by atoms with E-state index < -0.39 is 0 Å². The van der Waals surface area contributed by atoms with Crippen LogP contribution >= 0.6 is 11.6 Å². The van der Waals surface area contributed by atoms with E-state index in [9.17, 15) is 0 Å². The molecule has 2 N–H and O–H groups in total. The van der Waals surface area contributed by atoms with E-state index in [0.717, 1.165) is 47.5 Å². The van der Waals surface area contributed by atoms with E-state index >= 15 is 0 Å². The second kappa shape index (κ2) is 6.46. The Hall–Kier alpha value is -1.91. The third kappa shape index (κ3) is 2.98. The van der Waals surface area contributed by atoms with Crippen molar-refractivity contribution < 1.29 is 0 Å². The van der Waals surface area contributed by atoms with E-state index in [1.165, 1.54) is 0 Å². The fourth-order valence-corrected chi connectivity index (χ4v) is 2.78. The number of fused-ring (bicyclic) bond motifs is 1. The van der Waals surface area contributed by atoms with Gasteiger partial charge in [-0.3, -0.25) is 0 Å². The first kappa shape index (κ1) is 15.0. The summed E-state index contributed by atoms with van der Waals surface area (Å²) in [7, 11) is 0. The standard InChI is InChI=1S/C17H19ClN4/c1-12-9-15-17(20-11-12)22(8-3-2-7-19)16(21-15)13-5-4-6-14(18)10-13/h4-6,9-11H,2-3,7-8,19H2,1H3. The molecule has 22 heavy (non-hydrogen) atoms. The molecular formula is C17H19ClN4. The number of nitrogens with zero attached hydrogens (tertiary/aromatic N) is 3. The van der Waals surface area contributed by atoms with Gasteiger partial charge in [0.2, 0.25) is 0 Å². The number of imidazole rings is 1. The Morgan fingerprint density at radius 3 is 2.86 bits per heavy atom. The van der Waals surface area contributed by atoms with Crippen molar-refractivity contribution in [1.29, 1.82) is 0 Å². The maximum absolute atomic E-state index is 6.13. The zero-order valence-corrected chi connectivity index (χ0v) is 13.3. The van der Waals surface area contributed by atoms with Gasteiger partial charge in [-0.2, -0.15) is 0 Å². The Balaban J connectivity index is 2.12. The Morgan fingerprint density at radius 1 is 1.23 bits per heavy atom. The zero-order valence-electron chi connectivity index (χ0n) is 12.6. The Kier molecular flexibility index (Phi) is 4.41. The average molecular weight is 315 g/mol. The van der Waals surface area contributed by atoms with E-state index in [1.807, 2.05) is 37.4 Å². The fraction of sp³-hybridized carbons (Fsp3) is 0.294. The van der Waals surface area contributed by atoms with Gasteiger partial charge in [0.1, 0.15) is 11.3 Å². The summed E-state index contributed by atoms with van der Waals surface area (Å²) in [6.07, 6.45) is 3.87. The monoisotopic (exact) mass is 314 g/mol. The summed E-state index contributed by atoms with van der Waals surface area (Å²) >= 11 is 6.13. The number of pyridine rings is 1. The Bertz CT molecular complexity index is 794. The summed E-state index contributed by atoms with van der Waals surface area (Å²) in [5.41, 5.74) is 9.56. The largest absolute Gasteiger partial charge is 0.330 e. The van der Waals surface area contributed by atoms with Crippen LogP contribution in [0.2, 0.25) is 5.02 Å². The van der Waals surface area contributed by atoms with E-state index in [2.05, 4.69) is 15.6 Å². The van der Waals surface area contributed by atoms with Crippen molar-refractivity contribution >= 4 is 22.8 Å². The number of unbranched alkanes of at least 4 members (excludes halogenated alkanes) is 1. The highest BCUT2D eigenvalue weighted by molar-refractivity contribution is 6.30. The van der Waals surface area contributed by atoms with Crippen molar-refractivity contribution in [2.45, 2.75) is 26.3 Å². The van der Waals surface area contributed by atoms with Crippen LogP contribution in [0.25, 0.3) is 22.6 Å². The van der Waals surface area contributed by atoms with Crippen molar-refractivity contribution in [3.05, 3.63) is 47.1 Å². The molecule has 0 atom stereocenters. The van der Waals surface area contributed by atoms with Gasteiger partial charge in [0.25, 0.3) is 0 Å². The van der Waals surface area contributed by atoms with Gasteiger partial charge in [0.05, 0.1) is 0 Å². The maximum atomic E-state index is 6.13. The lowest BCUT2D eigenvalue weighted by atomic mass is 10.2. The number of halogens is 1. The van der Waals surface area contributed by atoms with Gasteiger partial charge in [-0.1, -0.05) is 23.7 Å². The van der Waals surface area contributed by atoms with Gasteiger partial charge >= 0.3 is 0 Å². The summed E-state index contributed by atoms with van der Waals surface area (Å²) < 4.78 is 2.16. The van der Waals surface area contributed by atoms with Crippen molar-refractivity contribution in [1.82, 2.24) is 14.5 Å². The number of aryl methyl sites for hydroxylation is 2. The fourth-order valence-electron chi connectivity index (χ4n) is 2.59. The van der Waals surface area contributed by atoms with Crippen molar-refractivity contribution in [2.75, 3.05) is 6.54 Å². The van der Waals surface area contributed by atoms with Crippen molar-refractivity contribution in [3.8, 4) is 11.4 Å². The van der Waals surface area contributed by atoms with Crippen LogP contribution in [-0.2, 0) is 6.54 Å². The summed E-state index contributed by atoms with van der Waals surface area (Å²) in [5, 5.41) is 0.710. The predicted molar refractivity (Wildman–Crippen MR) is 91.0 cm³/mol. The second-order valence-corrected chi connectivity index (χ2v) is 5.89. The maximum Gasteiger partial charge on any atom is 0.160 e.